The van der Waals surface area contributed by atoms with Crippen LogP contribution in [-0.4, -0.2) is 30.5 Å². The second kappa shape index (κ2) is 7.45. The summed E-state index contributed by atoms with van der Waals surface area (Å²) in [4.78, 5) is 14.5. The molecule has 2 aromatic carbocycles. The fourth-order valence-corrected chi connectivity index (χ4v) is 2.66. The highest BCUT2D eigenvalue weighted by Crippen LogP contribution is 2.28. The smallest absolute Gasteiger partial charge is 0.238 e. The summed E-state index contributed by atoms with van der Waals surface area (Å²) in [6.45, 7) is 0.968. The molecule has 4 nitrogen and oxygen atoms in total. The van der Waals surface area contributed by atoms with Crippen LogP contribution in [0.1, 0.15) is 18.4 Å². The molecule has 0 saturated heterocycles. The molecule has 5 heteroatoms. The van der Waals surface area contributed by atoms with Crippen LogP contribution in [0.5, 0.6) is 5.75 Å². The number of nitrogens with zero attached hydrogens (tertiary/aromatic N) is 1. The number of halogens is 1. The molecule has 0 atom stereocenters. The predicted octanol–water partition coefficient (Wildman–Crippen LogP) is 3.44. The topological polar surface area (TPSA) is 41.6 Å². The van der Waals surface area contributed by atoms with Crippen LogP contribution >= 0.6 is 0 Å². The number of amides is 1. The van der Waals surface area contributed by atoms with Gasteiger partial charge in [0.1, 0.15) is 11.6 Å². The molecule has 3 rings (SSSR count). The molecule has 1 aliphatic carbocycles. The van der Waals surface area contributed by atoms with Crippen molar-refractivity contribution in [2.45, 2.75) is 25.4 Å². The van der Waals surface area contributed by atoms with Crippen molar-refractivity contribution < 1.29 is 13.9 Å². The molecule has 0 heterocycles. The van der Waals surface area contributed by atoms with Crippen molar-refractivity contribution in [2.24, 2.45) is 0 Å². The number of nitrogens with one attached hydrogen (secondary N) is 1. The largest absolute Gasteiger partial charge is 0.497 e. The Labute approximate surface area is 141 Å². The highest BCUT2D eigenvalue weighted by Gasteiger charge is 2.30. The van der Waals surface area contributed by atoms with E-state index >= 15 is 0 Å². The van der Waals surface area contributed by atoms with E-state index in [1.165, 1.54) is 12.1 Å². The lowest BCUT2D eigenvalue weighted by atomic mass is 10.2. The number of carbonyl (C=O) groups is 1. The fourth-order valence-electron chi connectivity index (χ4n) is 2.66. The number of rotatable bonds is 7. The SMILES string of the molecule is COc1cccc(NC(=O)CN(Cc2ccc(F)cc2)C2CC2)c1. The average Bonchev–Trinajstić information content (AvgIpc) is 3.41. The molecule has 2 aromatic rings. The molecule has 1 fully saturated rings. The third kappa shape index (κ3) is 4.55. The highest BCUT2D eigenvalue weighted by atomic mass is 19.1. The lowest BCUT2D eigenvalue weighted by Crippen LogP contribution is -2.34. The van der Waals surface area contributed by atoms with Crippen molar-refractivity contribution in [1.29, 1.82) is 0 Å². The monoisotopic (exact) mass is 328 g/mol. The first-order chi connectivity index (χ1) is 11.6. The van der Waals surface area contributed by atoms with Gasteiger partial charge in [0.2, 0.25) is 5.91 Å². The lowest BCUT2D eigenvalue weighted by Gasteiger charge is -2.21. The number of ether oxygens (including phenoxy) is 1. The van der Waals surface area contributed by atoms with Gasteiger partial charge in [-0.3, -0.25) is 9.69 Å². The maximum absolute atomic E-state index is 13.0. The second-order valence-corrected chi connectivity index (χ2v) is 6.04. The molecule has 0 aromatic heterocycles. The maximum Gasteiger partial charge on any atom is 0.238 e. The van der Waals surface area contributed by atoms with E-state index in [1.54, 1.807) is 25.3 Å². The summed E-state index contributed by atoms with van der Waals surface area (Å²) in [7, 11) is 1.60. The first-order valence-electron chi connectivity index (χ1n) is 8.06. The molecular weight excluding hydrogens is 307 g/mol. The van der Waals surface area contributed by atoms with Gasteiger partial charge in [-0.2, -0.15) is 0 Å². The van der Waals surface area contributed by atoms with Crippen LogP contribution in [0.25, 0.3) is 0 Å². The predicted molar refractivity (Wildman–Crippen MR) is 91.5 cm³/mol. The van der Waals surface area contributed by atoms with Crippen LogP contribution in [0.4, 0.5) is 10.1 Å². The van der Waals surface area contributed by atoms with Crippen LogP contribution < -0.4 is 10.1 Å². The van der Waals surface area contributed by atoms with Crippen LogP contribution in [0.15, 0.2) is 48.5 Å². The first-order valence-corrected chi connectivity index (χ1v) is 8.06. The Balaban J connectivity index is 1.60. The third-order valence-electron chi connectivity index (χ3n) is 4.06. The van der Waals surface area contributed by atoms with Gasteiger partial charge in [0.05, 0.1) is 13.7 Å². The fraction of sp³-hybridized carbons (Fsp3) is 0.316. The Kier molecular flexibility index (Phi) is 5.11. The van der Waals surface area contributed by atoms with Gasteiger partial charge in [0, 0.05) is 24.3 Å². The van der Waals surface area contributed by atoms with Crippen LogP contribution in [0.3, 0.4) is 0 Å². The second-order valence-electron chi connectivity index (χ2n) is 6.04. The Morgan fingerprint density at radius 1 is 1.25 bits per heavy atom. The molecule has 1 N–H and O–H groups in total. The number of carbonyl (C=O) groups excluding carboxylic acids is 1. The number of methoxy groups -OCH3 is 1. The molecule has 0 aliphatic heterocycles. The van der Waals surface area contributed by atoms with E-state index in [1.807, 2.05) is 18.2 Å². The van der Waals surface area contributed by atoms with Gasteiger partial charge < -0.3 is 10.1 Å². The summed E-state index contributed by atoms with van der Waals surface area (Å²) in [5.41, 5.74) is 1.73. The Morgan fingerprint density at radius 3 is 2.67 bits per heavy atom. The van der Waals surface area contributed by atoms with Crippen molar-refractivity contribution in [3.05, 3.63) is 59.9 Å². The molecular formula is C19H21FN2O2. The Bertz CT molecular complexity index is 699. The third-order valence-corrected chi connectivity index (χ3v) is 4.06. The minimum atomic E-state index is -0.243. The van der Waals surface area contributed by atoms with Gasteiger partial charge in [0.25, 0.3) is 0 Å². The quantitative estimate of drug-likeness (QED) is 0.846. The van der Waals surface area contributed by atoms with E-state index in [-0.39, 0.29) is 11.7 Å². The zero-order chi connectivity index (χ0) is 16.9. The summed E-state index contributed by atoms with van der Waals surface area (Å²) in [6.07, 6.45) is 2.21. The van der Waals surface area contributed by atoms with E-state index in [4.69, 9.17) is 4.74 Å². The highest BCUT2D eigenvalue weighted by molar-refractivity contribution is 5.92. The first kappa shape index (κ1) is 16.5. The van der Waals surface area contributed by atoms with E-state index < -0.39 is 0 Å². The van der Waals surface area contributed by atoms with E-state index in [9.17, 15) is 9.18 Å². The molecule has 1 amide bonds. The average molecular weight is 328 g/mol. The molecule has 24 heavy (non-hydrogen) atoms. The summed E-state index contributed by atoms with van der Waals surface area (Å²) >= 11 is 0. The molecule has 0 radical (unpaired) electrons. The van der Waals surface area contributed by atoms with Gasteiger partial charge in [-0.05, 0) is 42.7 Å². The zero-order valence-corrected chi connectivity index (χ0v) is 13.7. The summed E-state index contributed by atoms with van der Waals surface area (Å²) in [6, 6.07) is 14.2. The van der Waals surface area contributed by atoms with Crippen LogP contribution in [0.2, 0.25) is 0 Å². The van der Waals surface area contributed by atoms with Gasteiger partial charge in [0.15, 0.2) is 0 Å². The minimum Gasteiger partial charge on any atom is -0.497 e. The van der Waals surface area contributed by atoms with Crippen LogP contribution in [-0.2, 0) is 11.3 Å². The zero-order valence-electron chi connectivity index (χ0n) is 13.7. The minimum absolute atomic E-state index is 0.0581. The summed E-state index contributed by atoms with van der Waals surface area (Å²) in [5.74, 6) is 0.405. The number of hydrogen-bond donors (Lipinski definition) is 1. The van der Waals surface area contributed by atoms with Crippen molar-refractivity contribution in [3.8, 4) is 5.75 Å². The lowest BCUT2D eigenvalue weighted by molar-refractivity contribution is -0.117. The standard InChI is InChI=1S/C19H21FN2O2/c1-24-18-4-2-3-16(11-18)21-19(23)13-22(17-9-10-17)12-14-5-7-15(20)8-6-14/h2-8,11,17H,9-10,12-13H2,1H3,(H,21,23). The molecule has 0 bridgehead atoms. The Morgan fingerprint density at radius 2 is 2.00 bits per heavy atom. The van der Waals surface area contributed by atoms with Crippen molar-refractivity contribution >= 4 is 11.6 Å². The van der Waals surface area contributed by atoms with Crippen LogP contribution in [0, 0.1) is 5.82 Å². The van der Waals surface area contributed by atoms with Gasteiger partial charge in [-0.25, -0.2) is 4.39 Å². The Hall–Kier alpha value is -2.40. The van der Waals surface area contributed by atoms with Gasteiger partial charge in [-0.1, -0.05) is 18.2 Å². The molecule has 0 spiro atoms. The number of anilines is 1. The summed E-state index contributed by atoms with van der Waals surface area (Å²) in [5, 5.41) is 2.90. The van der Waals surface area contributed by atoms with E-state index in [0.29, 0.717) is 24.9 Å². The van der Waals surface area contributed by atoms with E-state index in [0.717, 1.165) is 24.1 Å². The molecule has 126 valence electrons. The molecule has 1 saturated carbocycles. The van der Waals surface area contributed by atoms with Gasteiger partial charge >= 0.3 is 0 Å². The van der Waals surface area contributed by atoms with Gasteiger partial charge in [-0.15, -0.1) is 0 Å². The normalized spacial score (nSPS) is 13.8. The maximum atomic E-state index is 13.0. The number of benzene rings is 2. The molecule has 1 aliphatic rings. The molecule has 0 unspecified atom stereocenters. The number of hydrogen-bond acceptors (Lipinski definition) is 3. The summed E-state index contributed by atoms with van der Waals surface area (Å²) < 4.78 is 18.2. The van der Waals surface area contributed by atoms with Crippen molar-refractivity contribution in [1.82, 2.24) is 4.90 Å². The van der Waals surface area contributed by atoms with E-state index in [2.05, 4.69) is 10.2 Å². The van der Waals surface area contributed by atoms with Crippen molar-refractivity contribution in [2.75, 3.05) is 19.0 Å². The van der Waals surface area contributed by atoms with Crippen molar-refractivity contribution in [3.63, 3.8) is 0 Å².